The van der Waals surface area contributed by atoms with E-state index in [1.807, 2.05) is 25.1 Å². The van der Waals surface area contributed by atoms with Crippen molar-refractivity contribution in [3.05, 3.63) is 29.8 Å². The molecule has 0 bridgehead atoms. The second-order valence-corrected chi connectivity index (χ2v) is 2.98. The molecule has 0 spiro atoms. The zero-order valence-corrected chi connectivity index (χ0v) is 8.12. The van der Waals surface area contributed by atoms with Gasteiger partial charge < -0.3 is 5.11 Å². The maximum atomic E-state index is 9.50. The highest BCUT2D eigenvalue weighted by Gasteiger charge is 2.01. The number of benzene rings is 1. The van der Waals surface area contributed by atoms with Crippen LogP contribution in [0, 0.1) is 0 Å². The first-order valence-corrected chi connectivity index (χ1v) is 4.55. The smallest absolute Gasteiger partial charge is 0.124 e. The molecule has 70 valence electrons. The lowest BCUT2D eigenvalue weighted by atomic mass is 10.1. The van der Waals surface area contributed by atoms with Crippen molar-refractivity contribution in [2.45, 2.75) is 20.3 Å². The molecule has 2 heteroatoms. The minimum Gasteiger partial charge on any atom is -0.507 e. The van der Waals surface area contributed by atoms with E-state index in [2.05, 4.69) is 11.9 Å². The van der Waals surface area contributed by atoms with Gasteiger partial charge in [-0.2, -0.15) is 0 Å². The van der Waals surface area contributed by atoms with Crippen molar-refractivity contribution >= 4 is 5.71 Å². The topological polar surface area (TPSA) is 32.6 Å². The van der Waals surface area contributed by atoms with E-state index in [0.717, 1.165) is 24.2 Å². The second kappa shape index (κ2) is 4.65. The van der Waals surface area contributed by atoms with Crippen molar-refractivity contribution in [3.63, 3.8) is 0 Å². The number of aliphatic imine (C=N–C) groups is 1. The predicted molar refractivity (Wildman–Crippen MR) is 55.5 cm³/mol. The molecule has 0 heterocycles. The number of aromatic hydroxyl groups is 1. The molecule has 0 saturated carbocycles. The van der Waals surface area contributed by atoms with Crippen LogP contribution in [0.4, 0.5) is 0 Å². The first-order chi connectivity index (χ1) is 6.25. The van der Waals surface area contributed by atoms with E-state index in [9.17, 15) is 5.11 Å². The van der Waals surface area contributed by atoms with E-state index >= 15 is 0 Å². The molecule has 0 aliphatic rings. The Balaban J connectivity index is 2.88. The molecule has 0 aliphatic heterocycles. The van der Waals surface area contributed by atoms with Crippen LogP contribution in [-0.2, 0) is 0 Å². The van der Waals surface area contributed by atoms with E-state index in [1.54, 1.807) is 6.07 Å². The molecule has 1 aromatic carbocycles. The van der Waals surface area contributed by atoms with Gasteiger partial charge in [0.1, 0.15) is 5.75 Å². The fraction of sp³-hybridized carbons (Fsp3) is 0.364. The van der Waals surface area contributed by atoms with E-state index in [0.29, 0.717) is 5.75 Å². The Morgan fingerprint density at radius 3 is 2.69 bits per heavy atom. The number of phenolic OH excluding ortho intramolecular Hbond substituents is 1. The molecule has 0 aliphatic carbocycles. The van der Waals surface area contributed by atoms with Gasteiger partial charge in [-0.25, -0.2) is 0 Å². The number of hydrogen-bond donors (Lipinski definition) is 1. The van der Waals surface area contributed by atoms with Crippen molar-refractivity contribution in [2.75, 3.05) is 6.54 Å². The van der Waals surface area contributed by atoms with Crippen molar-refractivity contribution in [1.29, 1.82) is 0 Å². The standard InChI is InChI=1S/C11H15NO/c1-3-8-12-9(2)10-6-4-5-7-11(10)13/h4-7,13H,3,8H2,1-2H3. The highest BCUT2D eigenvalue weighted by atomic mass is 16.3. The van der Waals surface area contributed by atoms with Gasteiger partial charge >= 0.3 is 0 Å². The van der Waals surface area contributed by atoms with E-state index < -0.39 is 0 Å². The van der Waals surface area contributed by atoms with Crippen LogP contribution < -0.4 is 0 Å². The summed E-state index contributed by atoms with van der Waals surface area (Å²) in [6.07, 6.45) is 1.03. The van der Waals surface area contributed by atoms with Crippen LogP contribution in [0.25, 0.3) is 0 Å². The largest absolute Gasteiger partial charge is 0.507 e. The molecule has 0 atom stereocenters. The summed E-state index contributed by atoms with van der Waals surface area (Å²) in [4.78, 5) is 4.33. The average molecular weight is 177 g/mol. The molecule has 13 heavy (non-hydrogen) atoms. The Morgan fingerprint density at radius 2 is 2.08 bits per heavy atom. The molecule has 0 fully saturated rings. The molecule has 0 radical (unpaired) electrons. The maximum absolute atomic E-state index is 9.50. The van der Waals surface area contributed by atoms with Gasteiger partial charge in [0.25, 0.3) is 0 Å². The van der Waals surface area contributed by atoms with Crippen LogP contribution in [0.1, 0.15) is 25.8 Å². The van der Waals surface area contributed by atoms with Crippen molar-refractivity contribution in [3.8, 4) is 5.75 Å². The first-order valence-electron chi connectivity index (χ1n) is 4.55. The molecule has 2 nitrogen and oxygen atoms in total. The van der Waals surface area contributed by atoms with Crippen molar-refractivity contribution < 1.29 is 5.11 Å². The summed E-state index contributed by atoms with van der Waals surface area (Å²) in [6.45, 7) is 4.83. The fourth-order valence-corrected chi connectivity index (χ4v) is 1.14. The van der Waals surface area contributed by atoms with E-state index in [-0.39, 0.29) is 0 Å². The summed E-state index contributed by atoms with van der Waals surface area (Å²) >= 11 is 0. The monoisotopic (exact) mass is 177 g/mol. The average Bonchev–Trinajstić information content (AvgIpc) is 2.15. The summed E-state index contributed by atoms with van der Waals surface area (Å²) in [5, 5.41) is 9.50. The van der Waals surface area contributed by atoms with Crippen LogP contribution in [0.3, 0.4) is 0 Å². The van der Waals surface area contributed by atoms with E-state index in [1.165, 1.54) is 0 Å². The van der Waals surface area contributed by atoms with Crippen LogP contribution in [0.15, 0.2) is 29.3 Å². The van der Waals surface area contributed by atoms with Gasteiger partial charge in [0.15, 0.2) is 0 Å². The van der Waals surface area contributed by atoms with Crippen molar-refractivity contribution in [1.82, 2.24) is 0 Å². The van der Waals surface area contributed by atoms with Gasteiger partial charge in [0.05, 0.1) is 0 Å². The zero-order chi connectivity index (χ0) is 9.68. The van der Waals surface area contributed by atoms with Crippen LogP contribution in [0.5, 0.6) is 5.75 Å². The lowest BCUT2D eigenvalue weighted by molar-refractivity contribution is 0.474. The maximum Gasteiger partial charge on any atom is 0.124 e. The van der Waals surface area contributed by atoms with Gasteiger partial charge in [-0.3, -0.25) is 4.99 Å². The fourth-order valence-electron chi connectivity index (χ4n) is 1.14. The number of para-hydroxylation sites is 1. The third kappa shape index (κ3) is 2.58. The van der Waals surface area contributed by atoms with Crippen LogP contribution in [0.2, 0.25) is 0 Å². The number of nitrogens with zero attached hydrogens (tertiary/aromatic N) is 1. The normalized spacial score (nSPS) is 11.7. The highest BCUT2D eigenvalue weighted by Crippen LogP contribution is 2.16. The third-order valence-electron chi connectivity index (χ3n) is 1.87. The number of phenols is 1. The molecular formula is C11H15NO. The zero-order valence-electron chi connectivity index (χ0n) is 8.12. The third-order valence-corrected chi connectivity index (χ3v) is 1.87. The molecular weight excluding hydrogens is 162 g/mol. The Labute approximate surface area is 78.9 Å². The number of hydrogen-bond acceptors (Lipinski definition) is 2. The molecule has 0 unspecified atom stereocenters. The van der Waals surface area contributed by atoms with Gasteiger partial charge in [0, 0.05) is 17.8 Å². The minimum absolute atomic E-state index is 0.305. The predicted octanol–water partition coefficient (Wildman–Crippen LogP) is 2.61. The van der Waals surface area contributed by atoms with Crippen LogP contribution >= 0.6 is 0 Å². The molecule has 1 rings (SSSR count). The molecule has 0 aromatic heterocycles. The quantitative estimate of drug-likeness (QED) is 0.707. The van der Waals surface area contributed by atoms with Crippen LogP contribution in [-0.4, -0.2) is 17.4 Å². The summed E-state index contributed by atoms with van der Waals surface area (Å²) in [5.41, 5.74) is 1.73. The second-order valence-electron chi connectivity index (χ2n) is 2.98. The lowest BCUT2D eigenvalue weighted by Gasteiger charge is -2.02. The summed E-state index contributed by atoms with van der Waals surface area (Å²) < 4.78 is 0. The SMILES string of the molecule is CCCN=C(C)c1ccccc1O. The van der Waals surface area contributed by atoms with Crippen molar-refractivity contribution in [2.24, 2.45) is 4.99 Å². The molecule has 0 saturated heterocycles. The van der Waals surface area contributed by atoms with Gasteiger partial charge in [-0.05, 0) is 25.5 Å². The first kappa shape index (κ1) is 9.78. The number of rotatable bonds is 3. The van der Waals surface area contributed by atoms with Gasteiger partial charge in [0.2, 0.25) is 0 Å². The van der Waals surface area contributed by atoms with Gasteiger partial charge in [-0.1, -0.05) is 19.1 Å². The molecule has 1 aromatic rings. The highest BCUT2D eigenvalue weighted by molar-refractivity contribution is 6.00. The Kier molecular flexibility index (Phi) is 3.50. The molecule has 0 amide bonds. The Hall–Kier alpha value is -1.31. The minimum atomic E-state index is 0.305. The Bertz CT molecular complexity index is 305. The summed E-state index contributed by atoms with van der Waals surface area (Å²) in [7, 11) is 0. The Morgan fingerprint density at radius 1 is 1.38 bits per heavy atom. The lowest BCUT2D eigenvalue weighted by Crippen LogP contribution is -1.96. The summed E-state index contributed by atoms with van der Waals surface area (Å²) in [5.74, 6) is 0.305. The van der Waals surface area contributed by atoms with Gasteiger partial charge in [-0.15, -0.1) is 0 Å². The summed E-state index contributed by atoms with van der Waals surface area (Å²) in [6, 6.07) is 7.27. The van der Waals surface area contributed by atoms with E-state index in [4.69, 9.17) is 0 Å². The molecule has 1 N–H and O–H groups in total.